The molecular formula is C30H29F4N9. The molecule has 3 heterocycles. The lowest BCUT2D eigenvalue weighted by molar-refractivity contribution is -0.182. The number of pyridine rings is 2. The van der Waals surface area contributed by atoms with E-state index in [1.165, 1.54) is 24.5 Å². The van der Waals surface area contributed by atoms with Gasteiger partial charge < -0.3 is 10.6 Å². The number of aromatic nitrogens is 5. The number of nitrogens with one attached hydrogen (secondary N) is 2. The van der Waals surface area contributed by atoms with Gasteiger partial charge in [-0.2, -0.15) is 28.1 Å². The lowest BCUT2D eigenvalue weighted by Crippen LogP contribution is -2.35. The van der Waals surface area contributed by atoms with E-state index >= 15 is 0 Å². The maximum atomic E-state index is 14.1. The van der Waals surface area contributed by atoms with E-state index in [1.54, 1.807) is 19.1 Å². The van der Waals surface area contributed by atoms with Crippen molar-refractivity contribution in [1.82, 2.24) is 25.0 Å². The minimum absolute atomic E-state index is 0.107. The zero-order valence-corrected chi connectivity index (χ0v) is 24.0. The predicted octanol–water partition coefficient (Wildman–Crippen LogP) is 6.38. The van der Waals surface area contributed by atoms with Gasteiger partial charge in [-0.05, 0) is 42.9 Å². The SMILES string of the molecule is CCc1nc(F)ccc1C(Nc1cc(C#N)c2ncc(C#N)c(NCC(C)(C)C)c2c1)c1cn(C2(C(F)(F)F)CC2)nn1. The second-order valence-electron chi connectivity index (χ2n) is 11.8. The number of nitriles is 2. The molecule has 0 spiro atoms. The van der Waals surface area contributed by atoms with Crippen LogP contribution in [-0.2, 0) is 12.0 Å². The molecule has 9 nitrogen and oxygen atoms in total. The standard InChI is InChI=1S/C30H29F4N9/c1-5-22-20(6-7-24(31)40-22)27(23-15-43(42-41-23)29(8-9-29)30(32,33)34)39-19-10-17(12-35)25-21(11-19)26(18(13-36)14-37-25)38-16-28(2,3)4/h6-7,10-11,14-15,27,39H,5,8-9,16H2,1-4H3,(H,37,38). The van der Waals surface area contributed by atoms with Crippen LogP contribution in [0.5, 0.6) is 0 Å². The maximum absolute atomic E-state index is 14.1. The summed E-state index contributed by atoms with van der Waals surface area (Å²) < 4.78 is 56.6. The summed E-state index contributed by atoms with van der Waals surface area (Å²) in [5, 5.41) is 34.9. The van der Waals surface area contributed by atoms with Gasteiger partial charge in [0.25, 0.3) is 0 Å². The van der Waals surface area contributed by atoms with Gasteiger partial charge in [0, 0.05) is 35.1 Å². The molecule has 1 atom stereocenters. The highest BCUT2D eigenvalue weighted by atomic mass is 19.4. The summed E-state index contributed by atoms with van der Waals surface area (Å²) in [6, 6.07) is 9.35. The van der Waals surface area contributed by atoms with Crippen LogP contribution in [0.4, 0.5) is 28.9 Å². The number of rotatable bonds is 8. The van der Waals surface area contributed by atoms with E-state index in [-0.39, 0.29) is 35.1 Å². The Kier molecular flexibility index (Phi) is 7.46. The van der Waals surface area contributed by atoms with Crippen molar-refractivity contribution >= 4 is 22.3 Å². The molecule has 43 heavy (non-hydrogen) atoms. The van der Waals surface area contributed by atoms with Crippen LogP contribution in [0.1, 0.15) is 74.7 Å². The number of alkyl halides is 3. The number of hydrogen-bond donors (Lipinski definition) is 2. The van der Waals surface area contributed by atoms with Crippen molar-refractivity contribution in [2.75, 3.05) is 17.2 Å². The third-order valence-corrected chi connectivity index (χ3v) is 7.44. The first-order chi connectivity index (χ1) is 20.3. The Labute approximate surface area is 245 Å². The van der Waals surface area contributed by atoms with Gasteiger partial charge in [-0.25, -0.2) is 9.67 Å². The van der Waals surface area contributed by atoms with Crippen molar-refractivity contribution in [3.63, 3.8) is 0 Å². The number of halogens is 4. The Morgan fingerprint density at radius 3 is 2.42 bits per heavy atom. The first kappa shape index (κ1) is 29.7. The molecular weight excluding hydrogens is 562 g/mol. The molecule has 0 bridgehead atoms. The molecule has 1 fully saturated rings. The Hall–Kier alpha value is -4.78. The Balaban J connectivity index is 1.65. The lowest BCUT2D eigenvalue weighted by Gasteiger charge is -2.23. The van der Waals surface area contributed by atoms with Gasteiger partial charge in [0.15, 0.2) is 5.54 Å². The molecule has 1 aromatic carbocycles. The van der Waals surface area contributed by atoms with Crippen LogP contribution in [-0.4, -0.2) is 37.7 Å². The van der Waals surface area contributed by atoms with Crippen molar-refractivity contribution < 1.29 is 17.6 Å². The third-order valence-electron chi connectivity index (χ3n) is 7.44. The second kappa shape index (κ2) is 10.8. The molecule has 0 radical (unpaired) electrons. The number of nitrogens with zero attached hydrogens (tertiary/aromatic N) is 7. The number of fused-ring (bicyclic) bond motifs is 1. The first-order valence-corrected chi connectivity index (χ1v) is 13.7. The third kappa shape index (κ3) is 5.67. The van der Waals surface area contributed by atoms with Gasteiger partial charge in [-0.3, -0.25) is 4.98 Å². The van der Waals surface area contributed by atoms with E-state index in [1.807, 2.05) is 20.8 Å². The molecule has 1 aliphatic rings. The van der Waals surface area contributed by atoms with Gasteiger partial charge in [0.2, 0.25) is 5.95 Å². The number of hydrogen-bond acceptors (Lipinski definition) is 8. The Morgan fingerprint density at radius 1 is 1.09 bits per heavy atom. The number of aryl methyl sites for hydroxylation is 1. The molecule has 0 saturated heterocycles. The molecule has 222 valence electrons. The summed E-state index contributed by atoms with van der Waals surface area (Å²) in [4.78, 5) is 8.37. The summed E-state index contributed by atoms with van der Waals surface area (Å²) in [7, 11) is 0. The highest BCUT2D eigenvalue weighted by Gasteiger charge is 2.66. The maximum Gasteiger partial charge on any atom is 0.413 e. The normalized spacial score (nSPS) is 15.0. The molecule has 0 aliphatic heterocycles. The summed E-state index contributed by atoms with van der Waals surface area (Å²) in [6.07, 6.45) is -1.72. The van der Waals surface area contributed by atoms with Crippen molar-refractivity contribution in [3.8, 4) is 12.1 Å². The molecule has 1 saturated carbocycles. The van der Waals surface area contributed by atoms with Crippen molar-refractivity contribution in [2.24, 2.45) is 5.41 Å². The van der Waals surface area contributed by atoms with Crippen LogP contribution in [0.25, 0.3) is 10.9 Å². The smallest absolute Gasteiger partial charge is 0.383 e. The van der Waals surface area contributed by atoms with Crippen LogP contribution >= 0.6 is 0 Å². The average molecular weight is 592 g/mol. The lowest BCUT2D eigenvalue weighted by atomic mass is 9.96. The largest absolute Gasteiger partial charge is 0.413 e. The molecule has 3 aromatic heterocycles. The molecule has 0 amide bonds. The fourth-order valence-corrected chi connectivity index (χ4v) is 4.99. The summed E-state index contributed by atoms with van der Waals surface area (Å²) in [5.74, 6) is -0.695. The van der Waals surface area contributed by atoms with Gasteiger partial charge in [-0.15, -0.1) is 5.10 Å². The fourth-order valence-electron chi connectivity index (χ4n) is 4.99. The van der Waals surface area contributed by atoms with Crippen LogP contribution < -0.4 is 10.6 Å². The van der Waals surface area contributed by atoms with E-state index in [9.17, 15) is 28.1 Å². The van der Waals surface area contributed by atoms with E-state index < -0.39 is 23.7 Å². The van der Waals surface area contributed by atoms with Crippen LogP contribution in [0.2, 0.25) is 0 Å². The number of benzene rings is 1. The molecule has 4 aromatic rings. The van der Waals surface area contributed by atoms with Gasteiger partial charge in [0.1, 0.15) is 17.8 Å². The Bertz CT molecular complexity index is 1770. The van der Waals surface area contributed by atoms with Crippen molar-refractivity contribution in [2.45, 2.75) is 64.7 Å². The number of anilines is 2. The minimum Gasteiger partial charge on any atom is -0.383 e. The van der Waals surface area contributed by atoms with Gasteiger partial charge in [-0.1, -0.05) is 39.0 Å². The monoisotopic (exact) mass is 591 g/mol. The van der Waals surface area contributed by atoms with Gasteiger partial charge >= 0.3 is 6.18 Å². The summed E-state index contributed by atoms with van der Waals surface area (Å²) in [5.41, 5.74) is 0.578. The highest BCUT2D eigenvalue weighted by Crippen LogP contribution is 2.55. The molecule has 1 aliphatic carbocycles. The zero-order valence-electron chi connectivity index (χ0n) is 24.0. The van der Waals surface area contributed by atoms with E-state index in [0.717, 1.165) is 4.68 Å². The fraction of sp³-hybridized carbons (Fsp3) is 0.400. The van der Waals surface area contributed by atoms with Crippen LogP contribution in [0, 0.1) is 34.0 Å². The highest BCUT2D eigenvalue weighted by molar-refractivity contribution is 5.99. The first-order valence-electron chi connectivity index (χ1n) is 13.7. The molecule has 1 unspecified atom stereocenters. The van der Waals surface area contributed by atoms with Crippen LogP contribution in [0.15, 0.2) is 36.7 Å². The molecule has 5 rings (SSSR count). The van der Waals surface area contributed by atoms with Crippen molar-refractivity contribution in [1.29, 1.82) is 10.5 Å². The van der Waals surface area contributed by atoms with Gasteiger partial charge in [0.05, 0.1) is 34.6 Å². The quantitative estimate of drug-likeness (QED) is 0.179. The van der Waals surface area contributed by atoms with E-state index in [4.69, 9.17) is 0 Å². The molecule has 2 N–H and O–H groups in total. The van der Waals surface area contributed by atoms with Crippen LogP contribution in [0.3, 0.4) is 0 Å². The summed E-state index contributed by atoms with van der Waals surface area (Å²) >= 11 is 0. The summed E-state index contributed by atoms with van der Waals surface area (Å²) in [6.45, 7) is 8.41. The molecule has 13 heteroatoms. The van der Waals surface area contributed by atoms with E-state index in [2.05, 4.69) is 43.1 Å². The topological polar surface area (TPSA) is 128 Å². The minimum atomic E-state index is -4.51. The van der Waals surface area contributed by atoms with E-state index in [0.29, 0.717) is 46.5 Å². The average Bonchev–Trinajstić information content (AvgIpc) is 3.65. The zero-order chi connectivity index (χ0) is 31.2. The Morgan fingerprint density at radius 2 is 1.81 bits per heavy atom. The predicted molar refractivity (Wildman–Crippen MR) is 151 cm³/mol. The second-order valence-corrected chi connectivity index (χ2v) is 11.8. The van der Waals surface area contributed by atoms with Crippen molar-refractivity contribution in [3.05, 3.63) is 70.7 Å².